The number of hydrogen-bond acceptors (Lipinski definition) is 4. The van der Waals surface area contributed by atoms with Crippen LogP contribution in [-0.2, 0) is 0 Å². The van der Waals surface area contributed by atoms with E-state index in [4.69, 9.17) is 0 Å². The van der Waals surface area contributed by atoms with Crippen molar-refractivity contribution in [2.24, 2.45) is 0 Å². The average molecular weight is 364 g/mol. The molecule has 1 heterocycles. The number of rotatable bonds is 2. The van der Waals surface area contributed by atoms with Gasteiger partial charge in [-0.15, -0.1) is 0 Å². The third-order valence-electron chi connectivity index (χ3n) is 5.48. The lowest BCUT2D eigenvalue weighted by Crippen LogP contribution is -2.36. The number of nitrogens with zero attached hydrogens (tertiary/aromatic N) is 4. The molecule has 0 saturated heterocycles. The van der Waals surface area contributed by atoms with Crippen molar-refractivity contribution in [2.45, 2.75) is 20.0 Å². The molecule has 0 aliphatic carbocycles. The van der Waals surface area contributed by atoms with E-state index in [1.54, 1.807) is 12.1 Å². The molecule has 136 valence electrons. The molecule has 28 heavy (non-hydrogen) atoms. The number of aryl methyl sites for hydroxylation is 1. The van der Waals surface area contributed by atoms with Crippen molar-refractivity contribution >= 4 is 17.1 Å². The van der Waals surface area contributed by atoms with Gasteiger partial charge in [0.25, 0.3) is 0 Å². The van der Waals surface area contributed by atoms with Crippen molar-refractivity contribution < 1.29 is 0 Å². The monoisotopic (exact) mass is 364 g/mol. The summed E-state index contributed by atoms with van der Waals surface area (Å²) in [4.78, 5) is 4.28. The Morgan fingerprint density at radius 2 is 1.43 bits per heavy atom. The van der Waals surface area contributed by atoms with E-state index in [1.165, 1.54) is 0 Å². The number of para-hydroxylation sites is 1. The summed E-state index contributed by atoms with van der Waals surface area (Å²) in [5, 5.41) is 19.4. The second-order valence-electron chi connectivity index (χ2n) is 7.03. The summed E-state index contributed by atoms with van der Waals surface area (Å²) in [6.07, 6.45) is -0.0276. The lowest BCUT2D eigenvalue weighted by atomic mass is 9.98. The predicted molar refractivity (Wildman–Crippen MR) is 112 cm³/mol. The van der Waals surface area contributed by atoms with Crippen LogP contribution < -0.4 is 9.80 Å². The Labute approximate surface area is 165 Å². The molecule has 0 N–H and O–H groups in total. The van der Waals surface area contributed by atoms with Crippen molar-refractivity contribution in [1.29, 1.82) is 10.5 Å². The maximum Gasteiger partial charge on any atom is 0.103 e. The fourth-order valence-electron chi connectivity index (χ4n) is 4.04. The minimum atomic E-state index is -0.0276. The second-order valence-corrected chi connectivity index (χ2v) is 7.03. The van der Waals surface area contributed by atoms with Crippen molar-refractivity contribution in [3.63, 3.8) is 0 Å². The second kappa shape index (κ2) is 6.76. The number of anilines is 3. The first kappa shape index (κ1) is 17.6. The van der Waals surface area contributed by atoms with E-state index in [0.29, 0.717) is 11.1 Å². The Hall–Kier alpha value is -3.76. The standard InChI is InChI=1S/C24H20N4/c1-16-8-7-11-21(18-9-5-4-6-10-18)22(16)28-17(2)27(3)23-19(14-25)12-13-20(15-26)24(23)28/h4-13,17H,1-3H3/t17-/m0/s1. The fourth-order valence-corrected chi connectivity index (χ4v) is 4.04. The molecule has 3 aromatic carbocycles. The van der Waals surface area contributed by atoms with E-state index >= 15 is 0 Å². The highest BCUT2D eigenvalue weighted by atomic mass is 15.4. The molecule has 0 unspecified atom stereocenters. The number of hydrogen-bond donors (Lipinski definition) is 0. The van der Waals surface area contributed by atoms with Crippen LogP contribution in [0.3, 0.4) is 0 Å². The Balaban J connectivity index is 2.05. The van der Waals surface area contributed by atoms with Gasteiger partial charge in [-0.05, 0) is 37.1 Å². The minimum absolute atomic E-state index is 0.0276. The van der Waals surface area contributed by atoms with Crippen molar-refractivity contribution in [3.05, 3.63) is 77.4 Å². The normalized spacial score (nSPS) is 15.1. The summed E-state index contributed by atoms with van der Waals surface area (Å²) in [5.41, 5.74) is 7.21. The van der Waals surface area contributed by atoms with Crippen LogP contribution in [-0.4, -0.2) is 13.2 Å². The van der Waals surface area contributed by atoms with E-state index in [2.05, 4.69) is 66.1 Å². The van der Waals surface area contributed by atoms with Gasteiger partial charge in [-0.1, -0.05) is 48.5 Å². The molecule has 1 atom stereocenters. The van der Waals surface area contributed by atoms with E-state index in [-0.39, 0.29) is 6.17 Å². The Morgan fingerprint density at radius 1 is 0.786 bits per heavy atom. The van der Waals surface area contributed by atoms with Crippen LogP contribution in [0.4, 0.5) is 17.1 Å². The molecule has 0 aromatic heterocycles. The summed E-state index contributed by atoms with van der Waals surface area (Å²) in [6, 6.07) is 24.6. The summed E-state index contributed by atoms with van der Waals surface area (Å²) in [6.45, 7) is 4.19. The van der Waals surface area contributed by atoms with Crippen LogP contribution in [0.15, 0.2) is 60.7 Å². The smallest absolute Gasteiger partial charge is 0.103 e. The fraction of sp³-hybridized carbons (Fsp3) is 0.167. The first-order valence-corrected chi connectivity index (χ1v) is 9.22. The molecule has 0 saturated carbocycles. The minimum Gasteiger partial charge on any atom is -0.351 e. The number of fused-ring (bicyclic) bond motifs is 1. The van der Waals surface area contributed by atoms with Gasteiger partial charge < -0.3 is 9.80 Å². The van der Waals surface area contributed by atoms with Crippen LogP contribution in [0.5, 0.6) is 0 Å². The maximum atomic E-state index is 9.78. The molecular weight excluding hydrogens is 344 g/mol. The van der Waals surface area contributed by atoms with Gasteiger partial charge in [-0.25, -0.2) is 0 Å². The molecule has 0 spiro atoms. The van der Waals surface area contributed by atoms with Gasteiger partial charge in [0.1, 0.15) is 18.3 Å². The molecule has 4 heteroatoms. The van der Waals surface area contributed by atoms with Gasteiger partial charge in [0, 0.05) is 12.6 Å². The molecular formula is C24H20N4. The third-order valence-corrected chi connectivity index (χ3v) is 5.48. The van der Waals surface area contributed by atoms with E-state index < -0.39 is 0 Å². The first-order chi connectivity index (χ1) is 13.6. The van der Waals surface area contributed by atoms with Gasteiger partial charge >= 0.3 is 0 Å². The van der Waals surface area contributed by atoms with Crippen LogP contribution >= 0.6 is 0 Å². The summed E-state index contributed by atoms with van der Waals surface area (Å²) in [7, 11) is 1.98. The van der Waals surface area contributed by atoms with Crippen LogP contribution in [0, 0.1) is 29.6 Å². The third kappa shape index (κ3) is 2.51. The average Bonchev–Trinajstić information content (AvgIpc) is 2.99. The zero-order chi connectivity index (χ0) is 19.8. The van der Waals surface area contributed by atoms with Crippen LogP contribution in [0.2, 0.25) is 0 Å². The Bertz CT molecular complexity index is 1140. The van der Waals surface area contributed by atoms with Crippen molar-refractivity contribution in [2.75, 3.05) is 16.8 Å². The summed E-state index contributed by atoms with van der Waals surface area (Å²) >= 11 is 0. The molecule has 3 aromatic rings. The van der Waals surface area contributed by atoms with Crippen LogP contribution in [0.1, 0.15) is 23.6 Å². The Kier molecular flexibility index (Phi) is 4.26. The van der Waals surface area contributed by atoms with Gasteiger partial charge in [0.15, 0.2) is 0 Å². The molecule has 0 radical (unpaired) electrons. The van der Waals surface area contributed by atoms with Gasteiger partial charge in [-0.2, -0.15) is 10.5 Å². The molecule has 1 aliphatic rings. The lowest BCUT2D eigenvalue weighted by molar-refractivity contribution is 0.732. The predicted octanol–water partition coefficient (Wildman–Crippen LogP) is 5.34. The summed E-state index contributed by atoms with van der Waals surface area (Å²) in [5.74, 6) is 0. The first-order valence-electron chi connectivity index (χ1n) is 9.22. The molecule has 4 nitrogen and oxygen atoms in total. The highest BCUT2D eigenvalue weighted by Gasteiger charge is 2.37. The zero-order valence-corrected chi connectivity index (χ0v) is 16.1. The SMILES string of the molecule is Cc1cccc(-c2ccccc2)c1N1c2c(C#N)ccc(C#N)c2N(C)[C@@H]1C. The molecule has 0 bridgehead atoms. The molecule has 0 amide bonds. The maximum absolute atomic E-state index is 9.78. The highest BCUT2D eigenvalue weighted by molar-refractivity contribution is 5.95. The summed E-state index contributed by atoms with van der Waals surface area (Å²) < 4.78 is 0. The largest absolute Gasteiger partial charge is 0.351 e. The zero-order valence-electron chi connectivity index (χ0n) is 16.1. The lowest BCUT2D eigenvalue weighted by Gasteiger charge is -2.31. The van der Waals surface area contributed by atoms with Crippen LogP contribution in [0.25, 0.3) is 11.1 Å². The van der Waals surface area contributed by atoms with Gasteiger partial charge in [0.2, 0.25) is 0 Å². The molecule has 0 fully saturated rings. The van der Waals surface area contributed by atoms with Crippen molar-refractivity contribution in [3.8, 4) is 23.3 Å². The van der Waals surface area contributed by atoms with Crippen molar-refractivity contribution in [1.82, 2.24) is 0 Å². The van der Waals surface area contributed by atoms with Gasteiger partial charge in [-0.3, -0.25) is 0 Å². The molecule has 4 rings (SSSR count). The Morgan fingerprint density at radius 3 is 2.07 bits per heavy atom. The topological polar surface area (TPSA) is 54.1 Å². The van der Waals surface area contributed by atoms with Gasteiger partial charge in [0.05, 0.1) is 28.2 Å². The highest BCUT2D eigenvalue weighted by Crippen LogP contribution is 2.50. The van der Waals surface area contributed by atoms with E-state index in [1.807, 2.05) is 25.2 Å². The van der Waals surface area contributed by atoms with E-state index in [0.717, 1.165) is 33.8 Å². The number of benzene rings is 3. The van der Waals surface area contributed by atoms with E-state index in [9.17, 15) is 10.5 Å². The number of nitriles is 2. The molecule has 1 aliphatic heterocycles. The quantitative estimate of drug-likeness (QED) is 0.616.